The Hall–Kier alpha value is 0.340. The summed E-state index contributed by atoms with van der Waals surface area (Å²) in [6.45, 7) is 1.54. The third kappa shape index (κ3) is 3.96. The molecule has 1 saturated heterocycles. The highest BCUT2D eigenvalue weighted by molar-refractivity contribution is 9.11. The second-order valence-electron chi connectivity index (χ2n) is 5.02. The van der Waals surface area contributed by atoms with Crippen LogP contribution in [-0.4, -0.2) is 43.0 Å². The first-order valence-electron chi connectivity index (χ1n) is 6.43. The Morgan fingerprint density at radius 2 is 2.15 bits per heavy atom. The number of hydrogen-bond donors (Lipinski definition) is 0. The molecule has 1 aromatic heterocycles. The molecule has 0 spiro atoms. The van der Waals surface area contributed by atoms with Crippen LogP contribution < -0.4 is 0 Å². The molecule has 1 aromatic rings. The van der Waals surface area contributed by atoms with Gasteiger partial charge in [0.15, 0.2) is 0 Å². The minimum atomic E-state index is -3.37. The fourth-order valence-electron chi connectivity index (χ4n) is 2.26. The molecule has 1 aliphatic rings. The number of halogens is 2. The van der Waals surface area contributed by atoms with Crippen LogP contribution in [0.3, 0.4) is 0 Å². The van der Waals surface area contributed by atoms with Crippen molar-refractivity contribution in [3.8, 4) is 0 Å². The number of alkyl halides is 1. The molecular formula is C12H18BrClN2O2S2. The first-order valence-corrected chi connectivity index (χ1v) is 10.0. The highest BCUT2D eigenvalue weighted by Crippen LogP contribution is 2.25. The summed E-state index contributed by atoms with van der Waals surface area (Å²) < 4.78 is 29.0. The van der Waals surface area contributed by atoms with Crippen LogP contribution in [0.25, 0.3) is 0 Å². The second kappa shape index (κ2) is 7.07. The first kappa shape index (κ1) is 16.7. The highest BCUT2D eigenvalue weighted by atomic mass is 79.9. The Balaban J connectivity index is 1.99. The summed E-state index contributed by atoms with van der Waals surface area (Å²) in [7, 11) is -1.74. The summed E-state index contributed by atoms with van der Waals surface area (Å²) in [5, 5.41) is 1.97. The van der Waals surface area contributed by atoms with Gasteiger partial charge >= 0.3 is 0 Å². The number of nitrogens with zero attached hydrogens (tertiary/aromatic N) is 2. The molecule has 114 valence electrons. The third-order valence-corrected chi connectivity index (χ3v) is 7.46. The molecular weight excluding hydrogens is 384 g/mol. The zero-order valence-electron chi connectivity index (χ0n) is 11.3. The van der Waals surface area contributed by atoms with Gasteiger partial charge in [0.2, 0.25) is 0 Å². The van der Waals surface area contributed by atoms with E-state index in [9.17, 15) is 8.42 Å². The average molecular weight is 402 g/mol. The molecule has 0 aromatic carbocycles. The zero-order chi connectivity index (χ0) is 14.8. The van der Waals surface area contributed by atoms with E-state index in [2.05, 4.69) is 15.9 Å². The number of rotatable bonds is 5. The fourth-order valence-corrected chi connectivity index (χ4v) is 5.15. The van der Waals surface area contributed by atoms with Crippen molar-refractivity contribution in [1.82, 2.24) is 8.61 Å². The first-order chi connectivity index (χ1) is 9.43. The normalized spacial score (nSPS) is 18.8. The summed E-state index contributed by atoms with van der Waals surface area (Å²) in [5.41, 5.74) is 1.00. The Morgan fingerprint density at radius 3 is 2.65 bits per heavy atom. The van der Waals surface area contributed by atoms with Gasteiger partial charge in [-0.2, -0.15) is 17.0 Å². The largest absolute Gasteiger partial charge is 0.282 e. The Kier molecular flexibility index (Phi) is 5.90. The number of piperidine rings is 1. The lowest BCUT2D eigenvalue weighted by molar-refractivity contribution is 0.271. The molecule has 0 N–H and O–H groups in total. The lowest BCUT2D eigenvalue weighted by atomic mass is 10.0. The van der Waals surface area contributed by atoms with Crippen LogP contribution >= 0.6 is 38.9 Å². The lowest BCUT2D eigenvalue weighted by Crippen LogP contribution is -2.45. The minimum Gasteiger partial charge on any atom is -0.195 e. The smallest absolute Gasteiger partial charge is 0.195 e. The molecule has 0 radical (unpaired) electrons. The van der Waals surface area contributed by atoms with E-state index in [0.717, 1.165) is 22.2 Å². The summed E-state index contributed by atoms with van der Waals surface area (Å²) >= 11 is 10.8. The molecule has 4 nitrogen and oxygen atoms in total. The van der Waals surface area contributed by atoms with Gasteiger partial charge in [-0.3, -0.25) is 0 Å². The van der Waals surface area contributed by atoms with E-state index in [0.29, 0.717) is 31.4 Å². The molecule has 1 aliphatic heterocycles. The van der Waals surface area contributed by atoms with E-state index in [4.69, 9.17) is 11.6 Å². The van der Waals surface area contributed by atoms with E-state index in [1.165, 1.54) is 4.31 Å². The summed E-state index contributed by atoms with van der Waals surface area (Å²) in [5.74, 6) is 1.06. The molecule has 20 heavy (non-hydrogen) atoms. The van der Waals surface area contributed by atoms with Crippen molar-refractivity contribution in [3.63, 3.8) is 0 Å². The quantitative estimate of drug-likeness (QED) is 0.711. The molecule has 0 amide bonds. The predicted octanol–water partition coefficient (Wildman–Crippen LogP) is 3.14. The van der Waals surface area contributed by atoms with E-state index in [1.54, 1.807) is 22.7 Å². The number of hydrogen-bond acceptors (Lipinski definition) is 3. The van der Waals surface area contributed by atoms with Crippen molar-refractivity contribution in [2.24, 2.45) is 5.92 Å². The molecule has 2 heterocycles. The van der Waals surface area contributed by atoms with Gasteiger partial charge in [0.25, 0.3) is 10.2 Å². The monoisotopic (exact) mass is 400 g/mol. The Morgan fingerprint density at radius 1 is 1.50 bits per heavy atom. The van der Waals surface area contributed by atoms with Crippen LogP contribution in [-0.2, 0) is 16.8 Å². The van der Waals surface area contributed by atoms with Gasteiger partial charge in [0.05, 0.1) is 3.79 Å². The molecule has 0 aliphatic carbocycles. The standard InChI is InChI=1S/C12H18BrClN2O2S2/c1-15(8-11-6-12(13)19-9-11)20(17,18)16-4-2-10(7-14)3-5-16/h6,9-10H,2-5,7-8H2,1H3. The van der Waals surface area contributed by atoms with Crippen molar-refractivity contribution in [2.75, 3.05) is 26.0 Å². The average Bonchev–Trinajstić information content (AvgIpc) is 2.84. The molecule has 1 fully saturated rings. The predicted molar refractivity (Wildman–Crippen MR) is 87.4 cm³/mol. The summed E-state index contributed by atoms with van der Waals surface area (Å²) in [6.07, 6.45) is 1.70. The van der Waals surface area contributed by atoms with Crippen LogP contribution in [0.1, 0.15) is 18.4 Å². The van der Waals surface area contributed by atoms with Crippen molar-refractivity contribution in [3.05, 3.63) is 20.8 Å². The van der Waals surface area contributed by atoms with Crippen molar-refractivity contribution in [1.29, 1.82) is 0 Å². The van der Waals surface area contributed by atoms with Gasteiger partial charge in [0.1, 0.15) is 0 Å². The Bertz CT molecular complexity index is 541. The minimum absolute atomic E-state index is 0.403. The van der Waals surface area contributed by atoms with Crippen LogP contribution in [0.5, 0.6) is 0 Å². The van der Waals surface area contributed by atoms with Gasteiger partial charge in [-0.05, 0) is 51.7 Å². The van der Waals surface area contributed by atoms with Crippen LogP contribution in [0.15, 0.2) is 15.2 Å². The van der Waals surface area contributed by atoms with Crippen molar-refractivity contribution in [2.45, 2.75) is 19.4 Å². The SMILES string of the molecule is CN(Cc1csc(Br)c1)S(=O)(=O)N1CCC(CCl)CC1. The van der Waals surface area contributed by atoms with Gasteiger partial charge < -0.3 is 0 Å². The fraction of sp³-hybridized carbons (Fsp3) is 0.667. The Labute approximate surface area is 138 Å². The topological polar surface area (TPSA) is 40.6 Å². The maximum atomic E-state index is 12.5. The highest BCUT2D eigenvalue weighted by Gasteiger charge is 2.30. The molecule has 2 rings (SSSR count). The molecule has 0 bridgehead atoms. The summed E-state index contributed by atoms with van der Waals surface area (Å²) in [6, 6.07) is 1.95. The maximum absolute atomic E-state index is 12.5. The molecule has 0 unspecified atom stereocenters. The van der Waals surface area contributed by atoms with Gasteiger partial charge in [-0.15, -0.1) is 22.9 Å². The maximum Gasteiger partial charge on any atom is 0.282 e. The van der Waals surface area contributed by atoms with E-state index >= 15 is 0 Å². The third-order valence-electron chi connectivity index (χ3n) is 3.54. The van der Waals surface area contributed by atoms with Gasteiger partial charge in [-0.25, -0.2) is 0 Å². The molecule has 0 atom stereocenters. The number of thiophene rings is 1. The van der Waals surface area contributed by atoms with E-state index < -0.39 is 10.2 Å². The summed E-state index contributed by atoms with van der Waals surface area (Å²) in [4.78, 5) is 0. The lowest BCUT2D eigenvalue weighted by Gasteiger charge is -2.33. The van der Waals surface area contributed by atoms with Crippen LogP contribution in [0.2, 0.25) is 0 Å². The van der Waals surface area contributed by atoms with Crippen LogP contribution in [0.4, 0.5) is 0 Å². The zero-order valence-corrected chi connectivity index (χ0v) is 15.2. The van der Waals surface area contributed by atoms with E-state index in [1.807, 2.05) is 11.4 Å². The second-order valence-corrected chi connectivity index (χ2v) is 9.65. The van der Waals surface area contributed by atoms with Crippen molar-refractivity contribution < 1.29 is 8.42 Å². The van der Waals surface area contributed by atoms with Gasteiger partial charge in [-0.1, -0.05) is 0 Å². The van der Waals surface area contributed by atoms with Gasteiger partial charge in [0, 0.05) is 32.6 Å². The molecule has 8 heteroatoms. The van der Waals surface area contributed by atoms with E-state index in [-0.39, 0.29) is 0 Å². The van der Waals surface area contributed by atoms with Crippen molar-refractivity contribution >= 4 is 49.1 Å². The van der Waals surface area contributed by atoms with Crippen LogP contribution in [0, 0.1) is 5.92 Å². The molecule has 0 saturated carbocycles.